The number of hydrogen-bond donors (Lipinski definition) is 3. The number of nitrogens with zero attached hydrogens (tertiary/aromatic N) is 3. The van der Waals surface area contributed by atoms with Crippen LogP contribution in [-0.2, 0) is 0 Å². The zero-order chi connectivity index (χ0) is 14.5. The van der Waals surface area contributed by atoms with Gasteiger partial charge in [-0.15, -0.1) is 0 Å². The number of ether oxygens (including phenoxy) is 2. The smallest absolute Gasteiger partial charge is 0.322 e. The lowest BCUT2D eigenvalue weighted by molar-refractivity contribution is 0.379. The van der Waals surface area contributed by atoms with Crippen molar-refractivity contribution in [2.24, 2.45) is 5.84 Å². The lowest BCUT2D eigenvalue weighted by atomic mass is 10.3. The molecule has 0 aliphatic rings. The molecule has 0 fully saturated rings. The van der Waals surface area contributed by atoms with E-state index in [1.807, 2.05) is 18.2 Å². The third-order valence-corrected chi connectivity index (χ3v) is 2.95. The van der Waals surface area contributed by atoms with Crippen molar-refractivity contribution in [3.05, 3.63) is 22.7 Å². The second-order valence-corrected chi connectivity index (χ2v) is 4.44. The van der Waals surface area contributed by atoms with Crippen molar-refractivity contribution < 1.29 is 9.47 Å². The molecule has 0 radical (unpaired) electrons. The van der Waals surface area contributed by atoms with Crippen molar-refractivity contribution in [3.63, 3.8) is 0 Å². The maximum Gasteiger partial charge on any atom is 0.322 e. The number of rotatable bonds is 5. The highest BCUT2D eigenvalue weighted by Crippen LogP contribution is 2.28. The van der Waals surface area contributed by atoms with Crippen molar-refractivity contribution in [3.8, 4) is 11.8 Å². The van der Waals surface area contributed by atoms with Crippen LogP contribution >= 0.6 is 15.9 Å². The molecule has 0 saturated heterocycles. The molecule has 0 saturated carbocycles. The van der Waals surface area contributed by atoms with Gasteiger partial charge >= 0.3 is 6.01 Å². The summed E-state index contributed by atoms with van der Waals surface area (Å²) in [6, 6.07) is 5.63. The maximum atomic E-state index is 5.29. The molecule has 2 aromatic rings. The van der Waals surface area contributed by atoms with Gasteiger partial charge in [-0.3, -0.25) is 5.43 Å². The number of anilines is 3. The molecule has 0 amide bonds. The Hall–Kier alpha value is -2.13. The summed E-state index contributed by atoms with van der Waals surface area (Å²) in [6.45, 7) is 0. The molecule has 8 nitrogen and oxygen atoms in total. The first-order valence-corrected chi connectivity index (χ1v) is 6.33. The fraction of sp³-hybridized carbons (Fsp3) is 0.182. The Labute approximate surface area is 123 Å². The molecule has 20 heavy (non-hydrogen) atoms. The number of nitrogen functional groups attached to an aromatic ring is 1. The molecule has 1 aromatic heterocycles. The molecule has 0 aliphatic heterocycles. The summed E-state index contributed by atoms with van der Waals surface area (Å²) in [6.07, 6.45) is 0. The number of hydrazine groups is 1. The molecular formula is C11H13BrN6O2. The number of benzene rings is 1. The van der Waals surface area contributed by atoms with Crippen molar-refractivity contribution in [2.75, 3.05) is 25.0 Å². The molecule has 0 aliphatic carbocycles. The Morgan fingerprint density at radius 1 is 1.10 bits per heavy atom. The third-order valence-electron chi connectivity index (χ3n) is 2.33. The molecule has 0 spiro atoms. The Balaban J connectivity index is 2.27. The van der Waals surface area contributed by atoms with E-state index in [0.717, 1.165) is 15.9 Å². The van der Waals surface area contributed by atoms with Crippen molar-refractivity contribution in [2.45, 2.75) is 0 Å². The lowest BCUT2D eigenvalue weighted by Crippen LogP contribution is -2.13. The van der Waals surface area contributed by atoms with Gasteiger partial charge in [0, 0.05) is 5.69 Å². The van der Waals surface area contributed by atoms with Gasteiger partial charge in [-0.2, -0.15) is 15.0 Å². The summed E-state index contributed by atoms with van der Waals surface area (Å²) < 4.78 is 10.9. The average molecular weight is 341 g/mol. The zero-order valence-corrected chi connectivity index (χ0v) is 12.4. The van der Waals surface area contributed by atoms with E-state index in [1.54, 1.807) is 7.11 Å². The number of hydrogen-bond acceptors (Lipinski definition) is 8. The normalized spacial score (nSPS) is 10.0. The van der Waals surface area contributed by atoms with Gasteiger partial charge in [0.2, 0.25) is 11.9 Å². The zero-order valence-electron chi connectivity index (χ0n) is 10.8. The molecular weight excluding hydrogens is 328 g/mol. The van der Waals surface area contributed by atoms with Crippen LogP contribution in [0.2, 0.25) is 0 Å². The Bertz CT molecular complexity index is 587. The van der Waals surface area contributed by atoms with E-state index in [9.17, 15) is 0 Å². The fourth-order valence-corrected chi connectivity index (χ4v) is 1.98. The highest BCUT2D eigenvalue weighted by Gasteiger charge is 2.07. The SMILES string of the molecule is COc1nc(NN)nc(Nc2ccc(OC)c(Br)c2)n1. The summed E-state index contributed by atoms with van der Waals surface area (Å²) >= 11 is 3.40. The van der Waals surface area contributed by atoms with E-state index in [2.05, 4.69) is 41.6 Å². The number of nitrogens with one attached hydrogen (secondary N) is 2. The van der Waals surface area contributed by atoms with Crippen LogP contribution in [-0.4, -0.2) is 29.2 Å². The highest BCUT2D eigenvalue weighted by atomic mass is 79.9. The molecule has 106 valence electrons. The van der Waals surface area contributed by atoms with Crippen LogP contribution in [0.5, 0.6) is 11.8 Å². The van der Waals surface area contributed by atoms with E-state index in [0.29, 0.717) is 5.95 Å². The van der Waals surface area contributed by atoms with Crippen LogP contribution < -0.4 is 26.1 Å². The number of halogens is 1. The van der Waals surface area contributed by atoms with E-state index in [4.69, 9.17) is 15.3 Å². The van der Waals surface area contributed by atoms with Gasteiger partial charge in [-0.05, 0) is 34.1 Å². The van der Waals surface area contributed by atoms with Crippen molar-refractivity contribution in [1.29, 1.82) is 0 Å². The first-order chi connectivity index (χ1) is 9.66. The van der Waals surface area contributed by atoms with Crippen LogP contribution in [0.4, 0.5) is 17.6 Å². The predicted octanol–water partition coefficient (Wildman–Crippen LogP) is 1.68. The molecule has 0 atom stereocenters. The number of aromatic nitrogens is 3. The Morgan fingerprint density at radius 3 is 2.45 bits per heavy atom. The Kier molecular flexibility index (Phi) is 4.53. The summed E-state index contributed by atoms with van der Waals surface area (Å²) in [5, 5.41) is 3.02. The largest absolute Gasteiger partial charge is 0.496 e. The first-order valence-electron chi connectivity index (χ1n) is 5.53. The van der Waals surface area contributed by atoms with E-state index < -0.39 is 0 Å². The summed E-state index contributed by atoms with van der Waals surface area (Å²) in [5.74, 6) is 6.53. The predicted molar refractivity (Wildman–Crippen MR) is 78.2 cm³/mol. The summed E-state index contributed by atoms with van der Waals surface area (Å²) in [4.78, 5) is 12.0. The third kappa shape index (κ3) is 3.25. The first kappa shape index (κ1) is 14.3. The van der Waals surface area contributed by atoms with E-state index >= 15 is 0 Å². The van der Waals surface area contributed by atoms with E-state index in [-0.39, 0.29) is 12.0 Å². The van der Waals surface area contributed by atoms with Crippen LogP contribution in [0.1, 0.15) is 0 Å². The molecule has 4 N–H and O–H groups in total. The van der Waals surface area contributed by atoms with Gasteiger partial charge in [0.25, 0.3) is 0 Å². The minimum atomic E-state index is 0.156. The van der Waals surface area contributed by atoms with Gasteiger partial charge in [-0.25, -0.2) is 5.84 Å². The minimum absolute atomic E-state index is 0.156. The van der Waals surface area contributed by atoms with Gasteiger partial charge in [0.1, 0.15) is 5.75 Å². The maximum absolute atomic E-state index is 5.29. The van der Waals surface area contributed by atoms with Crippen LogP contribution in [0, 0.1) is 0 Å². The molecule has 1 aromatic carbocycles. The lowest BCUT2D eigenvalue weighted by Gasteiger charge is -2.09. The fourth-order valence-electron chi connectivity index (χ4n) is 1.44. The van der Waals surface area contributed by atoms with Crippen LogP contribution in [0.3, 0.4) is 0 Å². The summed E-state index contributed by atoms with van der Waals surface area (Å²) in [5.41, 5.74) is 3.12. The number of methoxy groups -OCH3 is 2. The number of nitrogens with two attached hydrogens (primary N) is 1. The highest BCUT2D eigenvalue weighted by molar-refractivity contribution is 9.10. The van der Waals surface area contributed by atoms with Gasteiger partial charge < -0.3 is 14.8 Å². The topological polar surface area (TPSA) is 107 Å². The van der Waals surface area contributed by atoms with Crippen molar-refractivity contribution >= 4 is 33.5 Å². The molecule has 0 unspecified atom stereocenters. The molecule has 0 bridgehead atoms. The standard InChI is InChI=1S/C11H13BrN6O2/c1-19-8-4-3-6(5-7(8)12)14-9-15-10(18-13)17-11(16-9)20-2/h3-5H,13H2,1-2H3,(H2,14,15,16,17,18). The molecule has 9 heteroatoms. The van der Waals surface area contributed by atoms with Gasteiger partial charge in [0.05, 0.1) is 18.7 Å². The minimum Gasteiger partial charge on any atom is -0.496 e. The van der Waals surface area contributed by atoms with Crippen LogP contribution in [0.25, 0.3) is 0 Å². The van der Waals surface area contributed by atoms with Crippen molar-refractivity contribution in [1.82, 2.24) is 15.0 Å². The van der Waals surface area contributed by atoms with E-state index in [1.165, 1.54) is 7.11 Å². The Morgan fingerprint density at radius 2 is 1.85 bits per heavy atom. The molecule has 2 rings (SSSR count). The quantitative estimate of drug-likeness (QED) is 0.557. The monoisotopic (exact) mass is 340 g/mol. The second-order valence-electron chi connectivity index (χ2n) is 3.59. The second kappa shape index (κ2) is 6.35. The molecule has 1 heterocycles. The summed E-state index contributed by atoms with van der Waals surface area (Å²) in [7, 11) is 3.06. The average Bonchev–Trinajstić information content (AvgIpc) is 2.47. The van der Waals surface area contributed by atoms with Crippen LogP contribution in [0.15, 0.2) is 22.7 Å². The van der Waals surface area contributed by atoms with Gasteiger partial charge in [0.15, 0.2) is 0 Å². The van der Waals surface area contributed by atoms with Gasteiger partial charge in [-0.1, -0.05) is 0 Å².